The van der Waals surface area contributed by atoms with Crippen LogP contribution >= 0.6 is 0 Å². The van der Waals surface area contributed by atoms with Crippen molar-refractivity contribution in [1.82, 2.24) is 5.06 Å². The van der Waals surface area contributed by atoms with Crippen molar-refractivity contribution in [3.63, 3.8) is 0 Å². The van der Waals surface area contributed by atoms with E-state index in [1.807, 2.05) is 0 Å². The van der Waals surface area contributed by atoms with Crippen molar-refractivity contribution in [2.45, 2.75) is 24.4 Å². The summed E-state index contributed by atoms with van der Waals surface area (Å²) in [5.74, 6) is 0. The van der Waals surface area contributed by atoms with E-state index in [4.69, 9.17) is 0 Å². The molecule has 8 heteroatoms. The molecule has 5 nitrogen and oxygen atoms in total. The molecule has 0 aliphatic carbocycles. The van der Waals surface area contributed by atoms with Crippen molar-refractivity contribution in [2.24, 2.45) is 0 Å². The van der Waals surface area contributed by atoms with Gasteiger partial charge in [-0.05, 0) is 5.56 Å². The number of hydrogen-bond acceptors (Lipinski definition) is 4. The molecule has 1 heterocycles. The van der Waals surface area contributed by atoms with Crippen molar-refractivity contribution in [1.29, 1.82) is 0 Å². The molecule has 104 valence electrons. The first-order valence-electron chi connectivity index (χ1n) is 5.46. The third-order valence-electron chi connectivity index (χ3n) is 3.13. The molecule has 0 amide bonds. The van der Waals surface area contributed by atoms with Gasteiger partial charge in [0.1, 0.15) is 0 Å². The molecule has 1 fully saturated rings. The average Bonchev–Trinajstić information content (AvgIpc) is 2.69. The van der Waals surface area contributed by atoms with E-state index < -0.39 is 29.3 Å². The van der Waals surface area contributed by atoms with Gasteiger partial charge in [0.15, 0.2) is 0 Å². The highest BCUT2D eigenvalue weighted by Gasteiger charge is 2.73. The molecule has 19 heavy (non-hydrogen) atoms. The quantitative estimate of drug-likeness (QED) is 0.615. The van der Waals surface area contributed by atoms with Gasteiger partial charge in [-0.2, -0.15) is 18.2 Å². The van der Waals surface area contributed by atoms with Gasteiger partial charge in [-0.1, -0.05) is 30.3 Å². The van der Waals surface area contributed by atoms with Gasteiger partial charge in [0.2, 0.25) is 0 Å². The zero-order valence-corrected chi connectivity index (χ0v) is 9.92. The van der Waals surface area contributed by atoms with Crippen molar-refractivity contribution in [3.05, 3.63) is 46.0 Å². The number of nitro groups is 1. The van der Waals surface area contributed by atoms with Crippen LogP contribution in [0.1, 0.15) is 18.0 Å². The topological polar surface area (TPSA) is 55.6 Å². The van der Waals surface area contributed by atoms with Crippen LogP contribution < -0.4 is 0 Å². The minimum atomic E-state index is -5.08. The normalized spacial score (nSPS) is 28.5. The smallest absolute Gasteiger partial charge is 0.261 e. The summed E-state index contributed by atoms with van der Waals surface area (Å²) in [5, 5.41) is 11.7. The Morgan fingerprint density at radius 2 is 2.00 bits per heavy atom. The number of rotatable bonds is 2. The number of alkyl halides is 3. The van der Waals surface area contributed by atoms with Gasteiger partial charge in [0.25, 0.3) is 0 Å². The summed E-state index contributed by atoms with van der Waals surface area (Å²) in [6, 6.07) is 7.43. The van der Waals surface area contributed by atoms with E-state index in [9.17, 15) is 23.3 Å². The number of benzene rings is 1. The molecule has 0 saturated carbocycles. The zero-order chi connectivity index (χ0) is 14.3. The Hall–Kier alpha value is -1.67. The zero-order valence-electron chi connectivity index (χ0n) is 9.92. The van der Waals surface area contributed by atoms with Crippen LogP contribution in [0.25, 0.3) is 0 Å². The van der Waals surface area contributed by atoms with Crippen LogP contribution in [-0.4, -0.2) is 28.9 Å². The number of hydroxylamine groups is 2. The van der Waals surface area contributed by atoms with E-state index in [1.165, 1.54) is 7.05 Å². The minimum absolute atomic E-state index is 0.540. The van der Waals surface area contributed by atoms with Gasteiger partial charge in [0, 0.05) is 7.05 Å². The monoisotopic (exact) mass is 276 g/mol. The molecule has 0 aromatic heterocycles. The maximum Gasteiger partial charge on any atom is 0.491 e. The van der Waals surface area contributed by atoms with Gasteiger partial charge in [-0.15, -0.1) is 0 Å². The summed E-state index contributed by atoms with van der Waals surface area (Å²) in [5.41, 5.74) is -2.83. The van der Waals surface area contributed by atoms with E-state index >= 15 is 0 Å². The standard InChI is InChI=1S/C11H11F3N2O3/c1-15-9(8-5-3-2-4-6-8)7-10(19-15,16(17)18)11(12,13)14/h2-6,9H,7H2,1H3/t9-,10+/m1/s1. The molecule has 1 aromatic rings. The summed E-state index contributed by atoms with van der Waals surface area (Å²) >= 11 is 0. The summed E-state index contributed by atoms with van der Waals surface area (Å²) in [4.78, 5) is 14.0. The fourth-order valence-corrected chi connectivity index (χ4v) is 2.11. The van der Waals surface area contributed by atoms with Crippen LogP contribution in [-0.2, 0) is 4.84 Å². The lowest BCUT2D eigenvalue weighted by Crippen LogP contribution is -2.52. The molecule has 0 N–H and O–H groups in total. The lowest BCUT2D eigenvalue weighted by molar-refractivity contribution is -0.678. The van der Waals surface area contributed by atoms with Gasteiger partial charge in [-0.25, -0.2) is 4.84 Å². The maximum atomic E-state index is 12.9. The molecular formula is C11H11F3N2O3. The second kappa shape index (κ2) is 4.46. The third kappa shape index (κ3) is 2.17. The number of halogens is 3. The Morgan fingerprint density at radius 1 is 1.42 bits per heavy atom. The molecule has 0 spiro atoms. The Morgan fingerprint density at radius 3 is 2.42 bits per heavy atom. The van der Waals surface area contributed by atoms with Gasteiger partial charge >= 0.3 is 11.9 Å². The fraction of sp³-hybridized carbons (Fsp3) is 0.455. The summed E-state index contributed by atoms with van der Waals surface area (Å²) in [7, 11) is 1.26. The lowest BCUT2D eigenvalue weighted by atomic mass is 9.98. The summed E-state index contributed by atoms with van der Waals surface area (Å²) in [6.07, 6.45) is -5.85. The van der Waals surface area contributed by atoms with Gasteiger partial charge in [-0.3, -0.25) is 10.1 Å². The van der Waals surface area contributed by atoms with Gasteiger partial charge in [0.05, 0.1) is 17.4 Å². The predicted octanol–water partition coefficient (Wildman–Crippen LogP) is 2.53. The van der Waals surface area contributed by atoms with Crippen molar-refractivity contribution in [2.75, 3.05) is 7.05 Å². The van der Waals surface area contributed by atoms with Crippen molar-refractivity contribution < 1.29 is 22.9 Å². The molecule has 0 unspecified atom stereocenters. The van der Waals surface area contributed by atoms with Crippen LogP contribution in [0.4, 0.5) is 13.2 Å². The van der Waals surface area contributed by atoms with E-state index in [0.29, 0.717) is 5.56 Å². The average molecular weight is 276 g/mol. The molecule has 2 rings (SSSR count). The first-order valence-corrected chi connectivity index (χ1v) is 5.46. The van der Waals surface area contributed by atoms with Crippen LogP contribution in [0.3, 0.4) is 0 Å². The number of nitrogens with zero attached hydrogens (tertiary/aromatic N) is 2. The molecule has 1 aliphatic heterocycles. The highest BCUT2D eigenvalue weighted by Crippen LogP contribution is 2.48. The SMILES string of the molecule is CN1O[C@]([N+](=O)[O-])(C(F)(F)F)C[C@@H]1c1ccccc1. The van der Waals surface area contributed by atoms with Crippen molar-refractivity contribution in [3.8, 4) is 0 Å². The summed E-state index contributed by atoms with van der Waals surface area (Å²) in [6.45, 7) is 0. The Bertz CT molecular complexity index is 480. The largest absolute Gasteiger partial charge is 0.491 e. The summed E-state index contributed by atoms with van der Waals surface area (Å²) < 4.78 is 38.8. The maximum absolute atomic E-state index is 12.9. The van der Waals surface area contributed by atoms with E-state index in [0.717, 1.165) is 5.06 Å². The third-order valence-corrected chi connectivity index (χ3v) is 3.13. The Balaban J connectivity index is 2.37. The fourth-order valence-electron chi connectivity index (χ4n) is 2.11. The van der Waals surface area contributed by atoms with Crippen molar-refractivity contribution >= 4 is 0 Å². The van der Waals surface area contributed by atoms with Crippen LogP contribution in [0.5, 0.6) is 0 Å². The van der Waals surface area contributed by atoms with E-state index in [-0.39, 0.29) is 0 Å². The van der Waals surface area contributed by atoms with Gasteiger partial charge < -0.3 is 0 Å². The highest BCUT2D eigenvalue weighted by molar-refractivity contribution is 5.20. The Kier molecular flexibility index (Phi) is 3.23. The molecule has 0 radical (unpaired) electrons. The second-order valence-corrected chi connectivity index (χ2v) is 4.31. The van der Waals surface area contributed by atoms with Crippen LogP contribution in [0, 0.1) is 10.1 Å². The Labute approximate surface area is 106 Å². The molecule has 1 aromatic carbocycles. The minimum Gasteiger partial charge on any atom is -0.261 e. The van der Waals surface area contributed by atoms with E-state index in [2.05, 4.69) is 4.84 Å². The van der Waals surface area contributed by atoms with Crippen LogP contribution in [0.2, 0.25) is 0 Å². The van der Waals surface area contributed by atoms with Crippen LogP contribution in [0.15, 0.2) is 30.3 Å². The predicted molar refractivity (Wildman–Crippen MR) is 58.4 cm³/mol. The molecule has 1 saturated heterocycles. The van der Waals surface area contributed by atoms with E-state index in [1.54, 1.807) is 30.3 Å². The number of hydrogen-bond donors (Lipinski definition) is 0. The first kappa shape index (κ1) is 13.8. The molecule has 1 aliphatic rings. The molecule has 0 bridgehead atoms. The molecular weight excluding hydrogens is 265 g/mol. The highest BCUT2D eigenvalue weighted by atomic mass is 19.4. The second-order valence-electron chi connectivity index (χ2n) is 4.31. The molecule has 2 atom stereocenters. The first-order chi connectivity index (χ1) is 8.78. The lowest BCUT2D eigenvalue weighted by Gasteiger charge is -2.21.